The molecule has 1 aliphatic carbocycles. The van der Waals surface area contributed by atoms with Crippen molar-refractivity contribution >= 4 is 5.97 Å². The van der Waals surface area contributed by atoms with Gasteiger partial charge in [0, 0.05) is 12.5 Å². The maximum absolute atomic E-state index is 11.9. The smallest absolute Gasteiger partial charge is 0.317 e. The maximum Gasteiger partial charge on any atom is 0.317 e. The number of hydrogen-bond donors (Lipinski definition) is 0. The van der Waals surface area contributed by atoms with E-state index in [1.165, 1.54) is 5.56 Å². The average molecular weight is 232 g/mol. The Bertz CT molecular complexity index is 457. The number of hydrogen-bond acceptors (Lipinski definition) is 3. The van der Waals surface area contributed by atoms with Gasteiger partial charge in [-0.15, -0.1) is 0 Å². The van der Waals surface area contributed by atoms with Crippen LogP contribution in [0.15, 0.2) is 18.2 Å². The molecule has 2 aliphatic rings. The van der Waals surface area contributed by atoms with Gasteiger partial charge < -0.3 is 9.47 Å². The molecule has 0 spiro atoms. The Hall–Kier alpha value is -1.35. The topological polar surface area (TPSA) is 35.5 Å². The molecule has 2 fully saturated rings. The fourth-order valence-electron chi connectivity index (χ4n) is 2.52. The molecule has 1 aromatic carbocycles. The summed E-state index contributed by atoms with van der Waals surface area (Å²) in [4.78, 5) is 11.9. The molecule has 1 aromatic rings. The van der Waals surface area contributed by atoms with Gasteiger partial charge in [0.2, 0.25) is 0 Å². The third-order valence-electron chi connectivity index (χ3n) is 3.83. The molecular formula is C14H16O3. The second-order valence-electron chi connectivity index (χ2n) is 4.98. The van der Waals surface area contributed by atoms with Gasteiger partial charge in [0.15, 0.2) is 0 Å². The van der Waals surface area contributed by atoms with Crippen LogP contribution in [0.25, 0.3) is 0 Å². The summed E-state index contributed by atoms with van der Waals surface area (Å²) in [5.41, 5.74) is 2.35. The van der Waals surface area contributed by atoms with Gasteiger partial charge in [0.25, 0.3) is 0 Å². The quantitative estimate of drug-likeness (QED) is 0.579. The van der Waals surface area contributed by atoms with E-state index in [9.17, 15) is 4.79 Å². The summed E-state index contributed by atoms with van der Waals surface area (Å²) >= 11 is 0. The first kappa shape index (κ1) is 10.8. The highest BCUT2D eigenvalue weighted by molar-refractivity contribution is 5.79. The van der Waals surface area contributed by atoms with Gasteiger partial charge in [0.1, 0.15) is 5.75 Å². The Morgan fingerprint density at radius 2 is 2.18 bits per heavy atom. The lowest BCUT2D eigenvalue weighted by molar-refractivity contribution is -0.137. The molecule has 3 heteroatoms. The second-order valence-corrected chi connectivity index (χ2v) is 4.98. The van der Waals surface area contributed by atoms with Crippen molar-refractivity contribution in [1.82, 2.24) is 0 Å². The number of fused-ring (bicyclic) bond motifs is 1. The van der Waals surface area contributed by atoms with Gasteiger partial charge in [-0.2, -0.15) is 0 Å². The summed E-state index contributed by atoms with van der Waals surface area (Å²) in [5, 5.41) is 0. The molecule has 1 saturated heterocycles. The molecule has 0 amide bonds. The molecule has 0 N–H and O–H groups in total. The lowest BCUT2D eigenvalue weighted by Gasteiger charge is -2.07. The zero-order chi connectivity index (χ0) is 12.0. The fourth-order valence-corrected chi connectivity index (χ4v) is 2.52. The molecule has 17 heavy (non-hydrogen) atoms. The zero-order valence-electron chi connectivity index (χ0n) is 10.1. The van der Waals surface area contributed by atoms with Crippen LogP contribution >= 0.6 is 0 Å². The van der Waals surface area contributed by atoms with Gasteiger partial charge in [0.05, 0.1) is 12.0 Å². The standard InChI is InChI=1S/C14H16O3/c1-8-3-4-10(7-9(8)2)17-14(15)12-11-5-6-16-13(11)12/h3-4,7,11-13H,5-6H2,1-2H3/t11-,12-,13-/m0/s1. The van der Waals surface area contributed by atoms with E-state index >= 15 is 0 Å². The number of ether oxygens (including phenoxy) is 2. The first-order valence-electron chi connectivity index (χ1n) is 6.07. The molecule has 0 bridgehead atoms. The zero-order valence-corrected chi connectivity index (χ0v) is 10.1. The summed E-state index contributed by atoms with van der Waals surface area (Å²) in [7, 11) is 0. The number of benzene rings is 1. The summed E-state index contributed by atoms with van der Waals surface area (Å²) in [6, 6.07) is 5.73. The van der Waals surface area contributed by atoms with Crippen LogP contribution in [0.5, 0.6) is 5.75 Å². The summed E-state index contributed by atoms with van der Waals surface area (Å²) in [6.45, 7) is 4.85. The average Bonchev–Trinajstić information content (AvgIpc) is 2.78. The van der Waals surface area contributed by atoms with Crippen LogP contribution in [0.1, 0.15) is 17.5 Å². The Morgan fingerprint density at radius 1 is 1.35 bits per heavy atom. The van der Waals surface area contributed by atoms with Crippen LogP contribution in [-0.2, 0) is 9.53 Å². The van der Waals surface area contributed by atoms with Crippen LogP contribution < -0.4 is 4.74 Å². The van der Waals surface area contributed by atoms with Crippen LogP contribution in [0.4, 0.5) is 0 Å². The van der Waals surface area contributed by atoms with Crippen molar-refractivity contribution in [2.24, 2.45) is 11.8 Å². The van der Waals surface area contributed by atoms with Crippen molar-refractivity contribution in [3.8, 4) is 5.75 Å². The van der Waals surface area contributed by atoms with E-state index in [1.54, 1.807) is 0 Å². The molecular weight excluding hydrogens is 216 g/mol. The fraction of sp³-hybridized carbons (Fsp3) is 0.500. The number of carbonyl (C=O) groups is 1. The van der Waals surface area contributed by atoms with Gasteiger partial charge >= 0.3 is 5.97 Å². The highest BCUT2D eigenvalue weighted by Gasteiger charge is 2.59. The number of aryl methyl sites for hydroxylation is 2. The minimum atomic E-state index is -0.136. The van der Waals surface area contributed by atoms with Gasteiger partial charge in [-0.3, -0.25) is 4.79 Å². The van der Waals surface area contributed by atoms with Crippen molar-refractivity contribution in [3.63, 3.8) is 0 Å². The number of rotatable bonds is 2. The molecule has 0 aromatic heterocycles. The third kappa shape index (κ3) is 1.84. The van der Waals surface area contributed by atoms with Crippen LogP contribution in [-0.4, -0.2) is 18.7 Å². The van der Waals surface area contributed by atoms with Crippen LogP contribution in [0.2, 0.25) is 0 Å². The molecule has 1 heterocycles. The van der Waals surface area contributed by atoms with E-state index in [-0.39, 0.29) is 18.0 Å². The predicted octanol–water partition coefficient (Wildman–Crippen LogP) is 2.24. The Balaban J connectivity index is 1.67. The normalized spacial score (nSPS) is 29.9. The van der Waals surface area contributed by atoms with Crippen molar-refractivity contribution in [1.29, 1.82) is 0 Å². The highest BCUT2D eigenvalue weighted by atomic mass is 16.5. The molecule has 3 rings (SSSR count). The van der Waals surface area contributed by atoms with Gasteiger partial charge in [-0.25, -0.2) is 0 Å². The number of esters is 1. The molecule has 90 valence electrons. The predicted molar refractivity (Wildman–Crippen MR) is 62.9 cm³/mol. The molecule has 0 radical (unpaired) electrons. The van der Waals surface area contributed by atoms with E-state index in [0.717, 1.165) is 18.6 Å². The minimum absolute atomic E-state index is 0.0228. The minimum Gasteiger partial charge on any atom is -0.426 e. The van der Waals surface area contributed by atoms with E-state index in [2.05, 4.69) is 0 Å². The summed E-state index contributed by atoms with van der Waals surface area (Å²) < 4.78 is 10.8. The van der Waals surface area contributed by atoms with Crippen LogP contribution in [0.3, 0.4) is 0 Å². The van der Waals surface area contributed by atoms with E-state index in [4.69, 9.17) is 9.47 Å². The Kier molecular flexibility index (Phi) is 2.44. The van der Waals surface area contributed by atoms with Gasteiger partial charge in [-0.05, 0) is 43.5 Å². The molecule has 1 aliphatic heterocycles. The number of carbonyl (C=O) groups excluding carboxylic acids is 1. The highest BCUT2D eigenvalue weighted by Crippen LogP contribution is 2.49. The first-order valence-corrected chi connectivity index (χ1v) is 6.07. The second kappa shape index (κ2) is 3.84. The van der Waals surface area contributed by atoms with Crippen molar-refractivity contribution < 1.29 is 14.3 Å². The molecule has 3 atom stereocenters. The van der Waals surface area contributed by atoms with Crippen LogP contribution in [0, 0.1) is 25.7 Å². The summed E-state index contributed by atoms with van der Waals surface area (Å²) in [5.74, 6) is 0.894. The molecule has 1 saturated carbocycles. The molecule has 0 unspecified atom stereocenters. The third-order valence-corrected chi connectivity index (χ3v) is 3.83. The van der Waals surface area contributed by atoms with E-state index in [0.29, 0.717) is 11.7 Å². The van der Waals surface area contributed by atoms with Crippen molar-refractivity contribution in [2.75, 3.05) is 6.61 Å². The monoisotopic (exact) mass is 232 g/mol. The SMILES string of the molecule is Cc1ccc(OC(=O)[C@H]2[C@@H]3CCO[C@@H]32)cc1C. The largest absolute Gasteiger partial charge is 0.426 e. The lowest BCUT2D eigenvalue weighted by atomic mass is 10.1. The maximum atomic E-state index is 11.9. The van der Waals surface area contributed by atoms with E-state index in [1.807, 2.05) is 32.0 Å². The van der Waals surface area contributed by atoms with Gasteiger partial charge in [-0.1, -0.05) is 6.07 Å². The molecule has 3 nitrogen and oxygen atoms in total. The Morgan fingerprint density at radius 3 is 2.82 bits per heavy atom. The van der Waals surface area contributed by atoms with Crippen molar-refractivity contribution in [3.05, 3.63) is 29.3 Å². The lowest BCUT2D eigenvalue weighted by Crippen LogP contribution is -2.15. The first-order chi connectivity index (χ1) is 8.16. The Labute approximate surface area is 101 Å². The van der Waals surface area contributed by atoms with Crippen molar-refractivity contribution in [2.45, 2.75) is 26.4 Å². The van der Waals surface area contributed by atoms with E-state index < -0.39 is 0 Å². The summed E-state index contributed by atoms with van der Waals surface area (Å²) in [6.07, 6.45) is 1.13.